The Morgan fingerprint density at radius 1 is 0.556 bits per heavy atom. The van der Waals surface area contributed by atoms with Crippen molar-refractivity contribution in [3.05, 3.63) is 68.8 Å². The zero-order chi connectivity index (χ0) is 20.0. The van der Waals surface area contributed by atoms with Gasteiger partial charge in [0.15, 0.2) is 0 Å². The van der Waals surface area contributed by atoms with E-state index in [4.69, 9.17) is 0 Å². The van der Waals surface area contributed by atoms with Gasteiger partial charge in [0, 0.05) is 0 Å². The van der Waals surface area contributed by atoms with Gasteiger partial charge in [-0.05, 0) is 95.4 Å². The molecule has 0 saturated heterocycles. The van der Waals surface area contributed by atoms with E-state index >= 15 is 0 Å². The van der Waals surface area contributed by atoms with Gasteiger partial charge in [-0.25, -0.2) is 0 Å². The Morgan fingerprint density at radius 2 is 0.926 bits per heavy atom. The van der Waals surface area contributed by atoms with Crippen molar-refractivity contribution in [2.45, 2.75) is 99.3 Å². The number of hydrogen-bond donors (Lipinski definition) is 0. The summed E-state index contributed by atoms with van der Waals surface area (Å²) in [4.78, 5) is 0. The van der Waals surface area contributed by atoms with Crippen LogP contribution in [0.25, 0.3) is 0 Å². The molecule has 1 unspecified atom stereocenters. The second-order valence-corrected chi connectivity index (χ2v) is 7.94. The average Bonchev–Trinajstić information content (AvgIpc) is 2.71. The van der Waals surface area contributed by atoms with Crippen LogP contribution >= 0.6 is 0 Å². The van der Waals surface area contributed by atoms with Gasteiger partial charge in [-0.1, -0.05) is 72.7 Å². The fourth-order valence-corrected chi connectivity index (χ4v) is 4.74. The minimum atomic E-state index is 0.563. The van der Waals surface area contributed by atoms with Gasteiger partial charge in [0.05, 0.1) is 0 Å². The molecule has 2 rings (SSSR count). The number of aryl methyl sites for hydroxylation is 4. The summed E-state index contributed by atoms with van der Waals surface area (Å²) in [7, 11) is 0. The minimum Gasteiger partial charge on any atom is -0.0613 e. The molecule has 0 spiro atoms. The van der Waals surface area contributed by atoms with Gasteiger partial charge in [0.25, 0.3) is 0 Å². The summed E-state index contributed by atoms with van der Waals surface area (Å²) in [5.41, 5.74) is 12.5. The third kappa shape index (κ3) is 4.84. The number of rotatable bonds is 9. The second kappa shape index (κ2) is 10.1. The smallest absolute Gasteiger partial charge is 0.0150 e. The summed E-state index contributed by atoms with van der Waals surface area (Å²) in [5, 5.41) is 0. The van der Waals surface area contributed by atoms with E-state index in [0.717, 1.165) is 44.9 Å². The summed E-state index contributed by atoms with van der Waals surface area (Å²) in [6.07, 6.45) is 8.01. The Bertz CT molecular complexity index is 701. The Labute approximate surface area is 168 Å². The lowest BCUT2D eigenvalue weighted by molar-refractivity contribution is 0.749. The monoisotopic (exact) mass is 364 g/mol. The van der Waals surface area contributed by atoms with Crippen molar-refractivity contribution in [3.8, 4) is 0 Å². The lowest BCUT2D eigenvalue weighted by Gasteiger charge is -2.20. The molecule has 0 bridgehead atoms. The van der Waals surface area contributed by atoms with Crippen LogP contribution in [0, 0.1) is 0 Å². The maximum absolute atomic E-state index is 2.49. The Kier molecular flexibility index (Phi) is 8.14. The highest BCUT2D eigenvalue weighted by atomic mass is 14.2. The van der Waals surface area contributed by atoms with E-state index in [-0.39, 0.29) is 0 Å². The van der Waals surface area contributed by atoms with Crippen molar-refractivity contribution in [2.75, 3.05) is 0 Å². The quantitative estimate of drug-likeness (QED) is 0.434. The first-order valence-corrected chi connectivity index (χ1v) is 11.3. The molecule has 0 nitrogen and oxygen atoms in total. The van der Waals surface area contributed by atoms with Crippen molar-refractivity contribution < 1.29 is 0 Å². The Balaban J connectivity index is 2.38. The summed E-state index contributed by atoms with van der Waals surface area (Å²) in [6.45, 7) is 16.2. The molecular formula is C27H40. The van der Waals surface area contributed by atoms with E-state index in [1.165, 1.54) is 11.1 Å². The predicted molar refractivity (Wildman–Crippen MR) is 121 cm³/mol. The Morgan fingerprint density at radius 3 is 1.26 bits per heavy atom. The van der Waals surface area contributed by atoms with Crippen LogP contribution in [-0.4, -0.2) is 0 Å². The molecule has 0 saturated carbocycles. The molecule has 0 aliphatic heterocycles. The standard InChI is InChI=1S/C27H40/c1-8-21-15-20(16-22(9-2)26(21)12-5)14-19(7)25-17-23(10-3)27(13-6)24(11-4)18-25/h15-19H,8-14H2,1-7H3. The van der Waals surface area contributed by atoms with Gasteiger partial charge >= 0.3 is 0 Å². The molecule has 0 heterocycles. The lowest BCUT2D eigenvalue weighted by Crippen LogP contribution is -2.06. The van der Waals surface area contributed by atoms with E-state index < -0.39 is 0 Å². The van der Waals surface area contributed by atoms with Gasteiger partial charge in [-0.2, -0.15) is 0 Å². The fourth-order valence-electron chi connectivity index (χ4n) is 4.74. The van der Waals surface area contributed by atoms with Crippen molar-refractivity contribution >= 4 is 0 Å². The molecule has 148 valence electrons. The molecule has 0 N–H and O–H groups in total. The Hall–Kier alpha value is -1.56. The third-order valence-corrected chi connectivity index (χ3v) is 6.29. The molecule has 0 aliphatic rings. The maximum atomic E-state index is 2.49. The molecule has 1 atom stereocenters. The first kappa shape index (κ1) is 21.7. The van der Waals surface area contributed by atoms with Crippen LogP contribution in [0.1, 0.15) is 98.9 Å². The van der Waals surface area contributed by atoms with Crippen LogP contribution in [-0.2, 0) is 44.9 Å². The molecule has 2 aromatic rings. The van der Waals surface area contributed by atoms with Crippen molar-refractivity contribution in [3.63, 3.8) is 0 Å². The molecule has 0 heteroatoms. The van der Waals surface area contributed by atoms with Crippen molar-refractivity contribution in [1.82, 2.24) is 0 Å². The summed E-state index contributed by atoms with van der Waals surface area (Å²) in [5.74, 6) is 0.563. The summed E-state index contributed by atoms with van der Waals surface area (Å²) >= 11 is 0. The predicted octanol–water partition coefficient (Wildman–Crippen LogP) is 7.41. The van der Waals surface area contributed by atoms with Gasteiger partial charge in [-0.3, -0.25) is 0 Å². The van der Waals surface area contributed by atoms with E-state index in [1.807, 2.05) is 0 Å². The largest absolute Gasteiger partial charge is 0.0613 e. The molecule has 2 aromatic carbocycles. The topological polar surface area (TPSA) is 0 Å². The normalized spacial score (nSPS) is 12.4. The van der Waals surface area contributed by atoms with Crippen LogP contribution in [0.4, 0.5) is 0 Å². The number of hydrogen-bond acceptors (Lipinski definition) is 0. The van der Waals surface area contributed by atoms with E-state index in [9.17, 15) is 0 Å². The van der Waals surface area contributed by atoms with Gasteiger partial charge in [-0.15, -0.1) is 0 Å². The lowest BCUT2D eigenvalue weighted by atomic mass is 9.85. The van der Waals surface area contributed by atoms with Crippen LogP contribution in [0.3, 0.4) is 0 Å². The first-order chi connectivity index (χ1) is 13.0. The zero-order valence-corrected chi connectivity index (χ0v) is 18.8. The van der Waals surface area contributed by atoms with Crippen LogP contribution in [0.2, 0.25) is 0 Å². The fraction of sp³-hybridized carbons (Fsp3) is 0.556. The number of benzene rings is 2. The van der Waals surface area contributed by atoms with Gasteiger partial charge < -0.3 is 0 Å². The SMILES string of the molecule is CCc1cc(CC(C)c2cc(CC)c(CC)c(CC)c2)cc(CC)c1CC. The van der Waals surface area contributed by atoms with E-state index in [1.54, 1.807) is 33.4 Å². The zero-order valence-electron chi connectivity index (χ0n) is 18.8. The van der Waals surface area contributed by atoms with Crippen molar-refractivity contribution in [2.24, 2.45) is 0 Å². The van der Waals surface area contributed by atoms with Crippen LogP contribution in [0.15, 0.2) is 24.3 Å². The third-order valence-electron chi connectivity index (χ3n) is 6.29. The molecule has 0 fully saturated rings. The highest BCUT2D eigenvalue weighted by Gasteiger charge is 2.14. The minimum absolute atomic E-state index is 0.563. The van der Waals surface area contributed by atoms with Crippen molar-refractivity contribution in [1.29, 1.82) is 0 Å². The molecule has 0 amide bonds. The molecule has 0 aromatic heterocycles. The molecule has 27 heavy (non-hydrogen) atoms. The highest BCUT2D eigenvalue weighted by molar-refractivity contribution is 5.43. The van der Waals surface area contributed by atoms with E-state index in [0.29, 0.717) is 5.92 Å². The van der Waals surface area contributed by atoms with Crippen LogP contribution in [0.5, 0.6) is 0 Å². The highest BCUT2D eigenvalue weighted by Crippen LogP contribution is 2.29. The molecule has 0 radical (unpaired) electrons. The average molecular weight is 365 g/mol. The maximum Gasteiger partial charge on any atom is -0.0150 e. The van der Waals surface area contributed by atoms with Gasteiger partial charge in [0.1, 0.15) is 0 Å². The van der Waals surface area contributed by atoms with Crippen LogP contribution < -0.4 is 0 Å². The van der Waals surface area contributed by atoms with E-state index in [2.05, 4.69) is 72.7 Å². The molecule has 0 aliphatic carbocycles. The summed E-state index contributed by atoms with van der Waals surface area (Å²) < 4.78 is 0. The summed E-state index contributed by atoms with van der Waals surface area (Å²) in [6, 6.07) is 9.95. The van der Waals surface area contributed by atoms with Gasteiger partial charge in [0.2, 0.25) is 0 Å². The second-order valence-electron chi connectivity index (χ2n) is 7.94. The molecular weight excluding hydrogens is 324 g/mol. The first-order valence-electron chi connectivity index (χ1n) is 11.3.